The molecule has 0 aliphatic carbocycles. The minimum atomic E-state index is 0.169. The molecule has 4 heteroatoms. The van der Waals surface area contributed by atoms with Crippen LogP contribution in [0, 0.1) is 0 Å². The Morgan fingerprint density at radius 2 is 0.455 bits per heavy atom. The highest BCUT2D eigenvalue weighted by Crippen LogP contribution is 2.13. The maximum Gasteiger partial charge on any atom is 0.115 e. The molecule has 114 valence electrons. The molecule has 3 aromatic carbocycles. The second-order valence-electron chi connectivity index (χ2n) is 4.19. The van der Waals surface area contributed by atoms with E-state index in [9.17, 15) is 0 Å². The van der Waals surface area contributed by atoms with Gasteiger partial charge in [-0.3, -0.25) is 0 Å². The molecule has 22 heavy (non-hydrogen) atoms. The monoisotopic (exact) mass is 298 g/mol. The van der Waals surface area contributed by atoms with Crippen molar-refractivity contribution in [3.05, 3.63) is 84.9 Å². The zero-order valence-corrected chi connectivity index (χ0v) is 11.9. The number of aromatic hydroxyl groups is 4. The number of phenolic OH excluding ortho intramolecular Hbond substituents is 4. The molecule has 3 aromatic rings. The maximum atomic E-state index is 8.65. The van der Waals surface area contributed by atoms with Gasteiger partial charge in [-0.1, -0.05) is 36.4 Å². The molecule has 0 atom stereocenters. The third-order valence-electron chi connectivity index (χ3n) is 2.37. The molecule has 4 N–H and O–H groups in total. The van der Waals surface area contributed by atoms with Gasteiger partial charge in [0.05, 0.1) is 0 Å². The molecule has 0 aliphatic rings. The van der Waals surface area contributed by atoms with Gasteiger partial charge in [-0.2, -0.15) is 0 Å². The van der Waals surface area contributed by atoms with Crippen LogP contribution in [0.2, 0.25) is 0 Å². The Labute approximate surface area is 129 Å². The highest BCUT2D eigenvalue weighted by Gasteiger charge is 1.85. The van der Waals surface area contributed by atoms with E-state index in [0.717, 1.165) is 0 Å². The topological polar surface area (TPSA) is 80.9 Å². The SMILES string of the molecule is Oc1ccc(O)cc1.Oc1ccc(O)cc1.c1ccccc1. The predicted molar refractivity (Wildman–Crippen MR) is 86.0 cm³/mol. The minimum absolute atomic E-state index is 0.169. The number of hydrogen-bond acceptors (Lipinski definition) is 4. The average molecular weight is 298 g/mol. The first-order valence-electron chi connectivity index (χ1n) is 6.54. The average Bonchev–Trinajstić information content (AvgIpc) is 2.56. The molecule has 3 rings (SSSR count). The summed E-state index contributed by atoms with van der Waals surface area (Å²) in [6, 6.07) is 23.4. The van der Waals surface area contributed by atoms with Gasteiger partial charge >= 0.3 is 0 Å². The van der Waals surface area contributed by atoms with E-state index in [1.54, 1.807) is 0 Å². The summed E-state index contributed by atoms with van der Waals surface area (Å²) in [6.07, 6.45) is 0. The van der Waals surface area contributed by atoms with Crippen molar-refractivity contribution >= 4 is 0 Å². The fourth-order valence-corrected chi connectivity index (χ4v) is 1.29. The molecule has 0 heterocycles. The van der Waals surface area contributed by atoms with Crippen molar-refractivity contribution < 1.29 is 20.4 Å². The Morgan fingerprint density at radius 1 is 0.318 bits per heavy atom. The third kappa shape index (κ3) is 8.12. The van der Waals surface area contributed by atoms with Gasteiger partial charge < -0.3 is 20.4 Å². The van der Waals surface area contributed by atoms with Crippen LogP contribution in [0.3, 0.4) is 0 Å². The lowest BCUT2D eigenvalue weighted by atomic mass is 10.3. The summed E-state index contributed by atoms with van der Waals surface area (Å²) in [6.45, 7) is 0. The molecule has 0 radical (unpaired) electrons. The number of rotatable bonds is 0. The quantitative estimate of drug-likeness (QED) is 0.475. The first-order valence-corrected chi connectivity index (χ1v) is 6.54. The van der Waals surface area contributed by atoms with Gasteiger partial charge in [0.25, 0.3) is 0 Å². The van der Waals surface area contributed by atoms with Crippen LogP contribution in [0.5, 0.6) is 23.0 Å². The molecule has 0 bridgehead atoms. The number of benzene rings is 3. The molecule has 0 aromatic heterocycles. The van der Waals surface area contributed by atoms with Crippen molar-refractivity contribution in [2.24, 2.45) is 0 Å². The summed E-state index contributed by atoms with van der Waals surface area (Å²) in [5, 5.41) is 34.6. The lowest BCUT2D eigenvalue weighted by Gasteiger charge is -1.88. The van der Waals surface area contributed by atoms with Gasteiger partial charge in [0.15, 0.2) is 0 Å². The maximum absolute atomic E-state index is 8.65. The Kier molecular flexibility index (Phi) is 7.47. The van der Waals surface area contributed by atoms with E-state index in [1.165, 1.54) is 48.5 Å². The van der Waals surface area contributed by atoms with Gasteiger partial charge in [0, 0.05) is 0 Å². The first-order chi connectivity index (χ1) is 10.6. The van der Waals surface area contributed by atoms with Crippen LogP contribution < -0.4 is 0 Å². The third-order valence-corrected chi connectivity index (χ3v) is 2.37. The van der Waals surface area contributed by atoms with Crippen molar-refractivity contribution in [3.63, 3.8) is 0 Å². The molecular weight excluding hydrogens is 280 g/mol. The fourth-order valence-electron chi connectivity index (χ4n) is 1.29. The van der Waals surface area contributed by atoms with E-state index in [1.807, 2.05) is 36.4 Å². The van der Waals surface area contributed by atoms with Crippen LogP contribution in [0.25, 0.3) is 0 Å². The lowest BCUT2D eigenvalue weighted by molar-refractivity contribution is 0.460. The summed E-state index contributed by atoms with van der Waals surface area (Å²) < 4.78 is 0. The lowest BCUT2D eigenvalue weighted by Crippen LogP contribution is -1.61. The van der Waals surface area contributed by atoms with Gasteiger partial charge in [-0.15, -0.1) is 0 Å². The standard InChI is InChI=1S/2C6H6O2.C6H6/c2*7-5-1-2-6(8)4-3-5;1-2-4-6-5-3-1/h2*1-4,7-8H;1-6H. The number of phenols is 4. The van der Waals surface area contributed by atoms with Gasteiger partial charge in [0.2, 0.25) is 0 Å². The molecule has 4 nitrogen and oxygen atoms in total. The van der Waals surface area contributed by atoms with Crippen molar-refractivity contribution in [1.29, 1.82) is 0 Å². The van der Waals surface area contributed by atoms with Crippen molar-refractivity contribution in [2.75, 3.05) is 0 Å². The van der Waals surface area contributed by atoms with Gasteiger partial charge in [0.1, 0.15) is 23.0 Å². The van der Waals surface area contributed by atoms with E-state index in [0.29, 0.717) is 0 Å². The van der Waals surface area contributed by atoms with Crippen molar-refractivity contribution in [3.8, 4) is 23.0 Å². The molecule has 0 saturated heterocycles. The Hall–Kier alpha value is -3.14. The van der Waals surface area contributed by atoms with Crippen molar-refractivity contribution in [2.45, 2.75) is 0 Å². The summed E-state index contributed by atoms with van der Waals surface area (Å²) in [5.74, 6) is 0.677. The molecule has 0 spiro atoms. The Bertz CT molecular complexity index is 507. The molecular formula is C18H18O4. The van der Waals surface area contributed by atoms with E-state index < -0.39 is 0 Å². The van der Waals surface area contributed by atoms with E-state index in [2.05, 4.69) is 0 Å². The normalized spacial score (nSPS) is 8.73. The molecule has 0 amide bonds. The van der Waals surface area contributed by atoms with Crippen LogP contribution >= 0.6 is 0 Å². The summed E-state index contributed by atoms with van der Waals surface area (Å²) in [5.41, 5.74) is 0. The summed E-state index contributed by atoms with van der Waals surface area (Å²) >= 11 is 0. The van der Waals surface area contributed by atoms with Crippen LogP contribution in [0.4, 0.5) is 0 Å². The second kappa shape index (κ2) is 9.72. The number of hydrogen-bond donors (Lipinski definition) is 4. The van der Waals surface area contributed by atoms with E-state index in [4.69, 9.17) is 20.4 Å². The smallest absolute Gasteiger partial charge is 0.115 e. The van der Waals surface area contributed by atoms with E-state index in [-0.39, 0.29) is 23.0 Å². The highest BCUT2D eigenvalue weighted by molar-refractivity contribution is 5.29. The zero-order valence-electron chi connectivity index (χ0n) is 11.9. The van der Waals surface area contributed by atoms with Crippen LogP contribution in [0.1, 0.15) is 0 Å². The summed E-state index contributed by atoms with van der Waals surface area (Å²) in [7, 11) is 0. The Balaban J connectivity index is 0.000000167. The molecule has 0 saturated carbocycles. The Morgan fingerprint density at radius 3 is 0.591 bits per heavy atom. The predicted octanol–water partition coefficient (Wildman–Crippen LogP) is 3.88. The second-order valence-corrected chi connectivity index (χ2v) is 4.19. The zero-order chi connectivity index (χ0) is 16.2. The van der Waals surface area contributed by atoms with Gasteiger partial charge in [-0.05, 0) is 48.5 Å². The molecule has 0 unspecified atom stereocenters. The minimum Gasteiger partial charge on any atom is -0.508 e. The van der Waals surface area contributed by atoms with Crippen LogP contribution in [-0.2, 0) is 0 Å². The summed E-state index contributed by atoms with van der Waals surface area (Å²) in [4.78, 5) is 0. The van der Waals surface area contributed by atoms with Crippen molar-refractivity contribution in [1.82, 2.24) is 0 Å². The fraction of sp³-hybridized carbons (Fsp3) is 0. The van der Waals surface area contributed by atoms with Crippen LogP contribution in [-0.4, -0.2) is 20.4 Å². The van der Waals surface area contributed by atoms with Gasteiger partial charge in [-0.25, -0.2) is 0 Å². The van der Waals surface area contributed by atoms with Crippen LogP contribution in [0.15, 0.2) is 84.9 Å². The van der Waals surface area contributed by atoms with E-state index >= 15 is 0 Å². The molecule has 0 fully saturated rings. The first kappa shape index (κ1) is 16.9. The highest BCUT2D eigenvalue weighted by atomic mass is 16.3. The molecule has 0 aliphatic heterocycles. The largest absolute Gasteiger partial charge is 0.508 e.